The number of carbonyl (C=O) groups is 2. The van der Waals surface area contributed by atoms with Crippen LogP contribution < -0.4 is 10.2 Å². The van der Waals surface area contributed by atoms with Gasteiger partial charge < -0.3 is 19.2 Å². The van der Waals surface area contributed by atoms with Gasteiger partial charge in [-0.2, -0.15) is 5.10 Å². The number of hydrogen-bond donors (Lipinski definition) is 1. The van der Waals surface area contributed by atoms with Crippen molar-refractivity contribution in [2.24, 2.45) is 0 Å². The van der Waals surface area contributed by atoms with Crippen LogP contribution >= 0.6 is 11.6 Å². The van der Waals surface area contributed by atoms with Gasteiger partial charge in [0, 0.05) is 12.3 Å². The maximum Gasteiger partial charge on any atom is 0.415 e. The number of carbonyl (C=O) groups excluding carboxylic acids is 2. The number of rotatable bonds is 7. The number of amides is 2. The van der Waals surface area contributed by atoms with Gasteiger partial charge in [0.1, 0.15) is 23.1 Å². The molecule has 0 aliphatic rings. The molecule has 208 valence electrons. The van der Waals surface area contributed by atoms with Crippen molar-refractivity contribution in [1.82, 2.24) is 14.9 Å². The molecular weight excluding hydrogens is 515 g/mol. The van der Waals surface area contributed by atoms with Gasteiger partial charge in [0.25, 0.3) is 0 Å². The molecule has 3 aromatic heterocycles. The second-order valence-electron chi connectivity index (χ2n) is 11.2. The van der Waals surface area contributed by atoms with E-state index in [0.717, 1.165) is 5.56 Å². The Morgan fingerprint density at radius 1 is 1.21 bits per heavy atom. The van der Waals surface area contributed by atoms with Gasteiger partial charge in [0.2, 0.25) is 0 Å². The summed E-state index contributed by atoms with van der Waals surface area (Å²) < 4.78 is 32.6. The first-order valence-corrected chi connectivity index (χ1v) is 12.8. The molecule has 2 amide bonds. The number of alkyl halides is 1. The van der Waals surface area contributed by atoms with Crippen molar-refractivity contribution in [1.29, 1.82) is 0 Å². The maximum atomic E-state index is 14.6. The van der Waals surface area contributed by atoms with E-state index < -0.39 is 35.6 Å². The largest absolute Gasteiger partial charge is 0.467 e. The third kappa shape index (κ3) is 7.63. The normalized spacial score (nSPS) is 13.7. The number of alkyl carbamates (subject to hydrolysis) is 1. The van der Waals surface area contributed by atoms with Gasteiger partial charge in [-0.3, -0.25) is 4.90 Å². The molecule has 0 saturated heterocycles. The van der Waals surface area contributed by atoms with E-state index in [1.165, 1.54) is 18.1 Å². The highest BCUT2D eigenvalue weighted by atomic mass is 35.5. The van der Waals surface area contributed by atoms with Gasteiger partial charge in [0.15, 0.2) is 5.15 Å². The number of hydrogen-bond acceptors (Lipinski definition) is 6. The minimum Gasteiger partial charge on any atom is -0.467 e. The predicted octanol–water partition coefficient (Wildman–Crippen LogP) is 6.62. The third-order valence-corrected chi connectivity index (χ3v) is 5.73. The van der Waals surface area contributed by atoms with Crippen LogP contribution in [0.2, 0.25) is 5.15 Å². The zero-order valence-electron chi connectivity index (χ0n) is 23.1. The van der Waals surface area contributed by atoms with E-state index in [1.54, 1.807) is 70.5 Å². The molecule has 0 bridgehead atoms. The van der Waals surface area contributed by atoms with Crippen molar-refractivity contribution in [2.45, 2.75) is 91.8 Å². The summed E-state index contributed by atoms with van der Waals surface area (Å²) in [5.74, 6) is 0.541. The fraction of sp³-hybridized carbons (Fsp3) is 0.519. The summed E-state index contributed by atoms with van der Waals surface area (Å²) in [5, 5.41) is 7.14. The quantitative estimate of drug-likeness (QED) is 0.355. The molecule has 38 heavy (non-hydrogen) atoms. The van der Waals surface area contributed by atoms with Crippen LogP contribution in [0.3, 0.4) is 0 Å². The second kappa shape index (κ2) is 11.2. The minimum atomic E-state index is -1.36. The van der Waals surface area contributed by atoms with Crippen LogP contribution in [0.15, 0.2) is 35.1 Å². The van der Waals surface area contributed by atoms with Gasteiger partial charge in [-0.15, -0.1) is 0 Å². The molecule has 0 aromatic carbocycles. The smallest absolute Gasteiger partial charge is 0.415 e. The number of nitrogens with one attached hydrogen (secondary N) is 1. The van der Waals surface area contributed by atoms with Crippen molar-refractivity contribution >= 4 is 35.0 Å². The van der Waals surface area contributed by atoms with Crippen LogP contribution in [-0.4, -0.2) is 45.2 Å². The highest BCUT2D eigenvalue weighted by Crippen LogP contribution is 2.33. The lowest BCUT2D eigenvalue weighted by Crippen LogP contribution is -2.44. The number of fused-ring (bicyclic) bond motifs is 1. The van der Waals surface area contributed by atoms with Crippen LogP contribution in [0.25, 0.3) is 5.52 Å². The summed E-state index contributed by atoms with van der Waals surface area (Å²) >= 11 is 6.37. The van der Waals surface area contributed by atoms with E-state index >= 15 is 0 Å². The summed E-state index contributed by atoms with van der Waals surface area (Å²) in [6, 6.07) is 4.21. The Morgan fingerprint density at radius 3 is 2.42 bits per heavy atom. The van der Waals surface area contributed by atoms with Crippen LogP contribution in [0, 0.1) is 6.92 Å². The fourth-order valence-corrected chi connectivity index (χ4v) is 4.08. The first kappa shape index (κ1) is 29.3. The van der Waals surface area contributed by atoms with E-state index in [4.69, 9.17) is 25.5 Å². The van der Waals surface area contributed by atoms with E-state index in [-0.39, 0.29) is 18.1 Å². The summed E-state index contributed by atoms with van der Waals surface area (Å²) in [5.41, 5.74) is 1.03. The summed E-state index contributed by atoms with van der Waals surface area (Å²) in [6.45, 7) is 13.9. The molecule has 0 aliphatic heterocycles. The van der Waals surface area contributed by atoms with Gasteiger partial charge in [-0.05, 0) is 85.1 Å². The van der Waals surface area contributed by atoms with Crippen molar-refractivity contribution in [3.05, 3.63) is 52.7 Å². The lowest BCUT2D eigenvalue weighted by molar-refractivity contribution is 0.0476. The Bertz CT molecular complexity index is 1280. The Morgan fingerprint density at radius 2 is 1.87 bits per heavy atom. The van der Waals surface area contributed by atoms with E-state index in [0.29, 0.717) is 22.5 Å². The first-order chi connectivity index (χ1) is 17.5. The SMILES string of the molecule is Cc1c(C[C@@H](NC(=O)OC(C)(C)C)[C@H](C)F)cn2nc(Cl)cc(N(Cc3ccco3)C(=O)OC(C)(C)C)c12. The lowest BCUT2D eigenvalue weighted by Gasteiger charge is -2.27. The minimum absolute atomic E-state index is 0.0855. The van der Waals surface area contributed by atoms with Crippen LogP contribution in [-0.2, 0) is 22.4 Å². The Balaban J connectivity index is 2.04. The maximum absolute atomic E-state index is 14.6. The first-order valence-electron chi connectivity index (χ1n) is 12.4. The van der Waals surface area contributed by atoms with Crippen LogP contribution in [0.5, 0.6) is 0 Å². The molecule has 9 nitrogen and oxygen atoms in total. The van der Waals surface area contributed by atoms with E-state index in [2.05, 4.69) is 10.4 Å². The second-order valence-corrected chi connectivity index (χ2v) is 11.6. The van der Waals surface area contributed by atoms with E-state index in [1.807, 2.05) is 6.92 Å². The number of aryl methyl sites for hydroxylation is 1. The molecule has 0 radical (unpaired) electrons. The standard InChI is InChI=1S/C27H36ClFN4O5/c1-16-18(12-20(17(2)29)30-24(34)37-26(3,4)5)14-33-23(16)21(13-22(28)31-33)32(15-19-10-9-11-36-19)25(35)38-27(6,7)8/h9-11,13-14,17,20H,12,15H2,1-8H3,(H,30,34)/t17-,20+/m0/s1. The number of anilines is 1. The van der Waals surface area contributed by atoms with Gasteiger partial charge in [-0.25, -0.2) is 18.5 Å². The van der Waals surface area contributed by atoms with Gasteiger partial charge in [0.05, 0.1) is 30.1 Å². The molecule has 3 heterocycles. The number of aromatic nitrogens is 2. The summed E-state index contributed by atoms with van der Waals surface area (Å²) in [6.07, 6.45) is 0.735. The number of ether oxygens (including phenoxy) is 2. The van der Waals surface area contributed by atoms with Gasteiger partial charge >= 0.3 is 12.2 Å². The molecule has 0 unspecified atom stereocenters. The molecule has 3 rings (SSSR count). The molecule has 3 aromatic rings. The zero-order chi connectivity index (χ0) is 28.4. The van der Waals surface area contributed by atoms with Crippen LogP contribution in [0.4, 0.5) is 19.7 Å². The van der Waals surface area contributed by atoms with Gasteiger partial charge in [-0.1, -0.05) is 11.6 Å². The number of nitrogens with zero attached hydrogens (tertiary/aromatic N) is 3. The summed E-state index contributed by atoms with van der Waals surface area (Å²) in [4.78, 5) is 27.1. The lowest BCUT2D eigenvalue weighted by atomic mass is 10.0. The predicted molar refractivity (Wildman–Crippen MR) is 143 cm³/mol. The molecular formula is C27H36ClFN4O5. The molecule has 11 heteroatoms. The van der Waals surface area contributed by atoms with Crippen molar-refractivity contribution in [3.8, 4) is 0 Å². The van der Waals surface area contributed by atoms with Crippen molar-refractivity contribution in [2.75, 3.05) is 4.90 Å². The Kier molecular flexibility index (Phi) is 8.65. The Hall–Kier alpha value is -3.27. The fourth-order valence-electron chi connectivity index (χ4n) is 3.89. The topological polar surface area (TPSA) is 98.3 Å². The molecule has 1 N–H and O–H groups in total. The molecule has 0 aliphatic carbocycles. The highest BCUT2D eigenvalue weighted by Gasteiger charge is 2.29. The molecule has 0 spiro atoms. The van der Waals surface area contributed by atoms with Crippen molar-refractivity contribution < 1.29 is 27.9 Å². The number of furan rings is 1. The van der Waals surface area contributed by atoms with E-state index in [9.17, 15) is 14.0 Å². The average molecular weight is 551 g/mol. The average Bonchev–Trinajstić information content (AvgIpc) is 3.36. The number of halogens is 2. The highest BCUT2D eigenvalue weighted by molar-refractivity contribution is 6.29. The van der Waals surface area contributed by atoms with Crippen LogP contribution in [0.1, 0.15) is 65.4 Å². The molecule has 0 saturated carbocycles. The summed E-state index contributed by atoms with van der Waals surface area (Å²) in [7, 11) is 0. The monoisotopic (exact) mass is 550 g/mol. The third-order valence-electron chi connectivity index (χ3n) is 5.54. The van der Waals surface area contributed by atoms with Crippen molar-refractivity contribution in [3.63, 3.8) is 0 Å². The zero-order valence-corrected chi connectivity index (χ0v) is 23.9. The molecule has 2 atom stereocenters. The Labute approximate surface area is 227 Å². The molecule has 0 fully saturated rings.